The molecule has 0 radical (unpaired) electrons. The first-order chi connectivity index (χ1) is 6.92. The van der Waals surface area contributed by atoms with E-state index in [4.69, 9.17) is 5.26 Å². The Hall–Kier alpha value is -2.15. The topological polar surface area (TPSA) is 54.5 Å². The van der Waals surface area contributed by atoms with Crippen LogP contribution in [0.1, 0.15) is 0 Å². The van der Waals surface area contributed by atoms with E-state index in [1.165, 1.54) is 0 Å². The van der Waals surface area contributed by atoms with Gasteiger partial charge in [-0.05, 0) is 12.1 Å². The van der Waals surface area contributed by atoms with Gasteiger partial charge in [0.05, 0.1) is 6.07 Å². The zero-order valence-corrected chi connectivity index (χ0v) is 7.46. The summed E-state index contributed by atoms with van der Waals surface area (Å²) >= 11 is 0. The standard InChI is InChI=1S/C10H8N4/c11-3-7-14-8-6-13-10(14)9-1-4-12-5-2-9/h1-2,4-6,8H,7H2. The van der Waals surface area contributed by atoms with E-state index in [-0.39, 0.29) is 0 Å². The number of hydrogen-bond donors (Lipinski definition) is 0. The zero-order chi connectivity index (χ0) is 9.80. The van der Waals surface area contributed by atoms with Crippen LogP contribution in [0.25, 0.3) is 11.4 Å². The lowest BCUT2D eigenvalue weighted by Gasteiger charge is -2.01. The van der Waals surface area contributed by atoms with Crippen LogP contribution >= 0.6 is 0 Å². The molecule has 68 valence electrons. The predicted octanol–water partition coefficient (Wildman–Crippen LogP) is 1.47. The van der Waals surface area contributed by atoms with Gasteiger partial charge in [-0.3, -0.25) is 4.98 Å². The molecule has 0 unspecified atom stereocenters. The van der Waals surface area contributed by atoms with Crippen LogP contribution in [0.3, 0.4) is 0 Å². The summed E-state index contributed by atoms with van der Waals surface area (Å²) in [4.78, 5) is 8.12. The molecule has 0 bridgehead atoms. The Balaban J connectivity index is 2.43. The fourth-order valence-electron chi connectivity index (χ4n) is 1.27. The molecule has 14 heavy (non-hydrogen) atoms. The molecule has 0 spiro atoms. The number of imidazole rings is 1. The van der Waals surface area contributed by atoms with Gasteiger partial charge in [0.2, 0.25) is 0 Å². The highest BCUT2D eigenvalue weighted by molar-refractivity contribution is 5.54. The third-order valence-electron chi connectivity index (χ3n) is 1.90. The van der Waals surface area contributed by atoms with Crippen molar-refractivity contribution in [3.05, 3.63) is 36.9 Å². The molecule has 0 aliphatic carbocycles. The van der Waals surface area contributed by atoms with E-state index in [0.717, 1.165) is 11.4 Å². The quantitative estimate of drug-likeness (QED) is 0.710. The van der Waals surface area contributed by atoms with Gasteiger partial charge >= 0.3 is 0 Å². The van der Waals surface area contributed by atoms with Gasteiger partial charge in [0.15, 0.2) is 0 Å². The first-order valence-electron chi connectivity index (χ1n) is 4.20. The summed E-state index contributed by atoms with van der Waals surface area (Å²) in [6.45, 7) is 0.317. The number of rotatable bonds is 2. The molecule has 2 aromatic rings. The summed E-state index contributed by atoms with van der Waals surface area (Å²) in [5.41, 5.74) is 0.972. The minimum absolute atomic E-state index is 0.317. The molecule has 0 fully saturated rings. The highest BCUT2D eigenvalue weighted by Gasteiger charge is 2.03. The summed E-state index contributed by atoms with van der Waals surface area (Å²) in [7, 11) is 0. The molecule has 0 aliphatic rings. The van der Waals surface area contributed by atoms with Crippen molar-refractivity contribution in [3.63, 3.8) is 0 Å². The third kappa shape index (κ3) is 1.48. The Morgan fingerprint density at radius 2 is 2.07 bits per heavy atom. The fourth-order valence-corrected chi connectivity index (χ4v) is 1.27. The van der Waals surface area contributed by atoms with Crippen molar-refractivity contribution in [2.75, 3.05) is 0 Å². The van der Waals surface area contributed by atoms with E-state index in [9.17, 15) is 0 Å². The number of aromatic nitrogens is 3. The summed E-state index contributed by atoms with van der Waals surface area (Å²) < 4.78 is 1.80. The van der Waals surface area contributed by atoms with Gasteiger partial charge < -0.3 is 4.57 Å². The maximum Gasteiger partial charge on any atom is 0.140 e. The number of nitriles is 1. The van der Waals surface area contributed by atoms with Crippen LogP contribution in [0, 0.1) is 11.3 Å². The van der Waals surface area contributed by atoms with Gasteiger partial charge in [-0.2, -0.15) is 5.26 Å². The second kappa shape index (κ2) is 3.71. The van der Waals surface area contributed by atoms with Crippen LogP contribution in [0.15, 0.2) is 36.9 Å². The molecule has 0 aliphatic heterocycles. The van der Waals surface area contributed by atoms with Crippen LogP contribution in [-0.2, 0) is 6.54 Å². The number of pyridine rings is 1. The highest BCUT2D eigenvalue weighted by atomic mass is 15.1. The fraction of sp³-hybridized carbons (Fsp3) is 0.100. The first-order valence-corrected chi connectivity index (χ1v) is 4.20. The van der Waals surface area contributed by atoms with E-state index in [1.54, 1.807) is 29.4 Å². The Morgan fingerprint density at radius 3 is 2.79 bits per heavy atom. The molecule has 0 amide bonds. The lowest BCUT2D eigenvalue weighted by atomic mass is 10.2. The van der Waals surface area contributed by atoms with Crippen LogP contribution < -0.4 is 0 Å². The van der Waals surface area contributed by atoms with E-state index in [2.05, 4.69) is 16.0 Å². The highest BCUT2D eigenvalue weighted by Crippen LogP contribution is 2.15. The first kappa shape index (κ1) is 8.45. The van der Waals surface area contributed by atoms with Crippen molar-refractivity contribution in [2.45, 2.75) is 6.54 Å². The molecule has 0 aromatic carbocycles. The Labute approximate surface area is 81.5 Å². The van der Waals surface area contributed by atoms with E-state index < -0.39 is 0 Å². The minimum atomic E-state index is 0.317. The van der Waals surface area contributed by atoms with Crippen molar-refractivity contribution in [1.82, 2.24) is 14.5 Å². The second-order valence-corrected chi connectivity index (χ2v) is 2.77. The van der Waals surface area contributed by atoms with E-state index >= 15 is 0 Å². The Morgan fingerprint density at radius 1 is 1.29 bits per heavy atom. The molecule has 0 atom stereocenters. The van der Waals surface area contributed by atoms with Crippen molar-refractivity contribution in [1.29, 1.82) is 5.26 Å². The molecular weight excluding hydrogens is 176 g/mol. The second-order valence-electron chi connectivity index (χ2n) is 2.77. The van der Waals surface area contributed by atoms with Gasteiger partial charge in [-0.25, -0.2) is 4.98 Å². The van der Waals surface area contributed by atoms with Gasteiger partial charge in [0.1, 0.15) is 12.4 Å². The molecule has 4 heteroatoms. The largest absolute Gasteiger partial charge is 0.317 e. The summed E-state index contributed by atoms with van der Waals surface area (Å²) in [5.74, 6) is 0.800. The maximum absolute atomic E-state index is 8.60. The van der Waals surface area contributed by atoms with E-state index in [1.807, 2.05) is 12.1 Å². The van der Waals surface area contributed by atoms with Crippen LogP contribution in [0.4, 0.5) is 0 Å². The van der Waals surface area contributed by atoms with Crippen LogP contribution in [-0.4, -0.2) is 14.5 Å². The van der Waals surface area contributed by atoms with Crippen LogP contribution in [0.5, 0.6) is 0 Å². The predicted molar refractivity (Wildman–Crippen MR) is 51.1 cm³/mol. The minimum Gasteiger partial charge on any atom is -0.317 e. The normalized spacial score (nSPS) is 9.64. The molecule has 0 N–H and O–H groups in total. The summed E-state index contributed by atoms with van der Waals surface area (Å²) in [5, 5.41) is 8.60. The van der Waals surface area contributed by atoms with Gasteiger partial charge in [-0.15, -0.1) is 0 Å². The molecule has 4 nitrogen and oxygen atoms in total. The van der Waals surface area contributed by atoms with E-state index in [0.29, 0.717) is 6.54 Å². The lowest BCUT2D eigenvalue weighted by molar-refractivity contribution is 0.840. The monoisotopic (exact) mass is 184 g/mol. The molecule has 0 saturated carbocycles. The van der Waals surface area contributed by atoms with Crippen molar-refractivity contribution in [3.8, 4) is 17.5 Å². The summed E-state index contributed by atoms with van der Waals surface area (Å²) in [6.07, 6.45) is 6.90. The van der Waals surface area contributed by atoms with Gasteiger partial charge in [0, 0.05) is 30.4 Å². The van der Waals surface area contributed by atoms with Crippen molar-refractivity contribution < 1.29 is 0 Å². The number of nitrogens with zero attached hydrogens (tertiary/aromatic N) is 4. The third-order valence-corrected chi connectivity index (χ3v) is 1.90. The number of hydrogen-bond acceptors (Lipinski definition) is 3. The lowest BCUT2D eigenvalue weighted by Crippen LogP contribution is -1.97. The average Bonchev–Trinajstić information content (AvgIpc) is 2.68. The maximum atomic E-state index is 8.60. The van der Waals surface area contributed by atoms with Crippen LogP contribution in [0.2, 0.25) is 0 Å². The molecule has 2 aromatic heterocycles. The van der Waals surface area contributed by atoms with Gasteiger partial charge in [0.25, 0.3) is 0 Å². The molecule has 2 heterocycles. The van der Waals surface area contributed by atoms with Crippen molar-refractivity contribution >= 4 is 0 Å². The average molecular weight is 184 g/mol. The molecule has 2 rings (SSSR count). The Bertz CT molecular complexity index is 452. The summed E-state index contributed by atoms with van der Waals surface area (Å²) in [6, 6.07) is 5.83. The zero-order valence-electron chi connectivity index (χ0n) is 7.46. The van der Waals surface area contributed by atoms with Crippen molar-refractivity contribution in [2.24, 2.45) is 0 Å². The SMILES string of the molecule is N#CCn1ccnc1-c1ccncc1. The molecular formula is C10H8N4. The smallest absolute Gasteiger partial charge is 0.140 e. The molecule has 0 saturated heterocycles. The Kier molecular flexibility index (Phi) is 2.24. The van der Waals surface area contributed by atoms with Gasteiger partial charge in [-0.1, -0.05) is 0 Å².